The molecule has 1 unspecified atom stereocenters. The molecule has 4 N–H and O–H groups in total. The van der Waals surface area contributed by atoms with Crippen LogP contribution >= 0.6 is 0 Å². The van der Waals surface area contributed by atoms with E-state index in [4.69, 9.17) is 46.8 Å². The highest BCUT2D eigenvalue weighted by molar-refractivity contribution is 7.82. The van der Waals surface area contributed by atoms with Crippen molar-refractivity contribution in [1.29, 1.82) is 0 Å². The van der Waals surface area contributed by atoms with E-state index < -0.39 is 53.8 Å². The maximum absolute atomic E-state index is 14.2. The van der Waals surface area contributed by atoms with Gasteiger partial charge in [-0.2, -0.15) is 0 Å². The van der Waals surface area contributed by atoms with Crippen LogP contribution in [0, 0.1) is 6.92 Å². The standard InChI is InChI=1S/C54H56N4O16S/c1-30-11-14-42(71-54-51(62)50(61)49(60)48(29-59)72-54)47(17-30)74-75(65,66)73-37-13-12-32-19-36-26-56-41-24-46(44(68-3)22-39(41)53(64)58(36)28-34(32)20-37)70-16-8-4-7-15-69-45-23-40-38(21-43(45)67-2)52(63)57-27-33-10-6-5-9-31(33)18-35(57)25-55-40/h5-6,9-14,17,20-26,35-36,48-51,54,59-62H,4,7-8,15-16,18-19,27-29H2,1-3H3/t35-,36-,48+,49-,50-,51+,54?/m0/s1. The van der Waals surface area contributed by atoms with Crippen molar-refractivity contribution in [2.24, 2.45) is 9.98 Å². The molecule has 7 atom stereocenters. The zero-order chi connectivity index (χ0) is 52.5. The van der Waals surface area contributed by atoms with Crippen LogP contribution in [0.3, 0.4) is 0 Å². The van der Waals surface area contributed by atoms with Gasteiger partial charge in [-0.25, -0.2) is 0 Å². The summed E-state index contributed by atoms with van der Waals surface area (Å²) >= 11 is 0. The summed E-state index contributed by atoms with van der Waals surface area (Å²) in [4.78, 5) is 41.0. The third kappa shape index (κ3) is 10.7. The Kier molecular flexibility index (Phi) is 14.7. The lowest BCUT2D eigenvalue weighted by atomic mass is 9.94. The lowest BCUT2D eigenvalue weighted by Crippen LogP contribution is -2.60. The second kappa shape index (κ2) is 21.5. The summed E-state index contributed by atoms with van der Waals surface area (Å²) < 4.78 is 72.3. The van der Waals surface area contributed by atoms with Crippen LogP contribution in [0.4, 0.5) is 11.4 Å². The SMILES string of the molecule is COc1cc2c(cc1OCCCCCOc1cc3c(cc1OC)C(=O)N1Cc4cc(OS(=O)(=O)Oc5cc(C)ccc5OC5O[C@H](CO)[C@H](O)[C@H](O)[C@H]5O)ccc4C[C@H]1C=N3)N=C[C@@H]1Cc3ccccc3CN1C2=O. The molecular weight excluding hydrogens is 993 g/mol. The minimum Gasteiger partial charge on any atom is -0.493 e. The number of aliphatic imine (C=N–C) groups is 2. The number of hydrogen-bond acceptors (Lipinski definition) is 18. The van der Waals surface area contributed by atoms with Gasteiger partial charge in [0.15, 0.2) is 34.5 Å². The van der Waals surface area contributed by atoms with Gasteiger partial charge in [0.25, 0.3) is 11.8 Å². The summed E-state index contributed by atoms with van der Waals surface area (Å²) in [5.74, 6) is 0.692. The predicted molar refractivity (Wildman–Crippen MR) is 270 cm³/mol. The molecule has 1 saturated heterocycles. The van der Waals surface area contributed by atoms with Gasteiger partial charge < -0.3 is 67.0 Å². The zero-order valence-corrected chi connectivity index (χ0v) is 42.1. The van der Waals surface area contributed by atoms with Crippen LogP contribution in [0.2, 0.25) is 0 Å². The van der Waals surface area contributed by atoms with Crippen LogP contribution in [-0.2, 0) is 41.1 Å². The summed E-state index contributed by atoms with van der Waals surface area (Å²) in [5, 5.41) is 40.5. The van der Waals surface area contributed by atoms with E-state index >= 15 is 0 Å². The maximum Gasteiger partial charge on any atom is 0.501 e. The fourth-order valence-electron chi connectivity index (χ4n) is 9.79. The molecule has 5 aromatic rings. The van der Waals surface area contributed by atoms with Crippen LogP contribution in [-0.4, -0.2) is 140 Å². The number of ether oxygens (including phenoxy) is 6. The number of nitrogens with zero attached hydrogens (tertiary/aromatic N) is 4. The number of aliphatic hydroxyl groups is 4. The monoisotopic (exact) mass is 1050 g/mol. The lowest BCUT2D eigenvalue weighted by Gasteiger charge is -2.39. The van der Waals surface area contributed by atoms with Gasteiger partial charge in [0.05, 0.1) is 68.6 Å². The molecule has 0 spiro atoms. The molecule has 5 aromatic carbocycles. The molecule has 21 heteroatoms. The van der Waals surface area contributed by atoms with E-state index in [1.807, 2.05) is 23.2 Å². The van der Waals surface area contributed by atoms with E-state index in [0.29, 0.717) is 102 Å². The van der Waals surface area contributed by atoms with Crippen LogP contribution in [0.25, 0.3) is 0 Å². The van der Waals surface area contributed by atoms with Gasteiger partial charge >= 0.3 is 10.4 Å². The third-order valence-corrected chi connectivity index (χ3v) is 14.6. The fourth-order valence-corrected chi connectivity index (χ4v) is 10.5. The van der Waals surface area contributed by atoms with Crippen molar-refractivity contribution in [1.82, 2.24) is 9.80 Å². The number of rotatable bonds is 17. The van der Waals surface area contributed by atoms with Gasteiger partial charge in [0.2, 0.25) is 6.29 Å². The largest absolute Gasteiger partial charge is 0.501 e. The molecule has 20 nitrogen and oxygen atoms in total. The van der Waals surface area contributed by atoms with Crippen molar-refractivity contribution in [3.05, 3.63) is 124 Å². The van der Waals surface area contributed by atoms with Crippen LogP contribution in [0.5, 0.6) is 40.2 Å². The van der Waals surface area contributed by atoms with E-state index in [0.717, 1.165) is 17.5 Å². The number of carbonyl (C=O) groups is 2. The van der Waals surface area contributed by atoms with Crippen molar-refractivity contribution < 1.29 is 75.2 Å². The Morgan fingerprint density at radius 2 is 1.21 bits per heavy atom. The van der Waals surface area contributed by atoms with Crippen LogP contribution in [0.1, 0.15) is 67.8 Å². The molecule has 1 fully saturated rings. The first kappa shape index (κ1) is 51.2. The summed E-state index contributed by atoms with van der Waals surface area (Å²) in [7, 11) is -1.80. The number of benzene rings is 5. The van der Waals surface area contributed by atoms with E-state index in [2.05, 4.69) is 12.1 Å². The average Bonchev–Trinajstić information content (AvgIpc) is 3.62. The highest BCUT2D eigenvalue weighted by atomic mass is 32.3. The van der Waals surface area contributed by atoms with Gasteiger partial charge in [0, 0.05) is 37.7 Å². The molecule has 0 aromatic heterocycles. The molecule has 75 heavy (non-hydrogen) atoms. The molecule has 5 aliphatic rings. The van der Waals surface area contributed by atoms with Crippen molar-refractivity contribution in [3.63, 3.8) is 0 Å². The first-order valence-electron chi connectivity index (χ1n) is 24.5. The van der Waals surface area contributed by atoms with Crippen LogP contribution in [0.15, 0.2) is 94.9 Å². The Bertz CT molecular complexity index is 3170. The summed E-state index contributed by atoms with van der Waals surface area (Å²) in [6.45, 7) is 2.34. The number of fused-ring (bicyclic) bond motifs is 6. The van der Waals surface area contributed by atoms with Gasteiger partial charge in [-0.3, -0.25) is 19.6 Å². The van der Waals surface area contributed by atoms with Gasteiger partial charge in [-0.1, -0.05) is 36.4 Å². The van der Waals surface area contributed by atoms with Crippen molar-refractivity contribution in [2.45, 2.75) is 94.9 Å². The molecule has 5 aliphatic heterocycles. The molecule has 0 radical (unpaired) electrons. The third-order valence-electron chi connectivity index (χ3n) is 13.8. The van der Waals surface area contributed by atoms with Crippen molar-refractivity contribution >= 4 is 46.0 Å². The van der Waals surface area contributed by atoms with E-state index in [-0.39, 0.29) is 41.6 Å². The Morgan fingerprint density at radius 1 is 0.627 bits per heavy atom. The molecular formula is C54H56N4O16S. The molecule has 394 valence electrons. The number of hydrogen-bond donors (Lipinski definition) is 4. The van der Waals surface area contributed by atoms with Crippen LogP contribution < -0.4 is 32.1 Å². The number of aryl methyl sites for hydroxylation is 1. The predicted octanol–water partition coefficient (Wildman–Crippen LogP) is 5.09. The second-order valence-corrected chi connectivity index (χ2v) is 20.0. The average molecular weight is 1050 g/mol. The summed E-state index contributed by atoms with van der Waals surface area (Å²) in [6.07, 6.45) is -1.19. The molecule has 0 bridgehead atoms. The minimum absolute atomic E-state index is 0.0922. The highest BCUT2D eigenvalue weighted by Crippen LogP contribution is 2.41. The number of unbranched alkanes of at least 4 members (excludes halogenated alkanes) is 2. The normalized spacial score (nSPS) is 22.5. The number of methoxy groups -OCH3 is 2. The topological polar surface area (TPSA) is 254 Å². The smallest absolute Gasteiger partial charge is 0.493 e. The molecule has 5 heterocycles. The highest BCUT2D eigenvalue weighted by Gasteiger charge is 2.45. The summed E-state index contributed by atoms with van der Waals surface area (Å²) in [5.41, 5.74) is 6.12. The van der Waals surface area contributed by atoms with E-state index in [1.54, 1.807) is 61.5 Å². The Labute approximate surface area is 432 Å². The quantitative estimate of drug-likeness (QED) is 0.0885. The van der Waals surface area contributed by atoms with Crippen molar-refractivity contribution in [2.75, 3.05) is 34.0 Å². The number of aliphatic hydroxyl groups excluding tert-OH is 4. The van der Waals surface area contributed by atoms with Gasteiger partial charge in [0.1, 0.15) is 30.2 Å². The summed E-state index contributed by atoms with van der Waals surface area (Å²) in [6, 6.07) is 23.3. The second-order valence-electron chi connectivity index (χ2n) is 18.8. The Morgan fingerprint density at radius 3 is 1.81 bits per heavy atom. The lowest BCUT2D eigenvalue weighted by molar-refractivity contribution is -0.277. The Hall–Kier alpha value is -7.27. The first-order valence-corrected chi connectivity index (χ1v) is 25.8. The Balaban J connectivity index is 0.736. The minimum atomic E-state index is -4.84. The first-order chi connectivity index (χ1) is 36.2. The maximum atomic E-state index is 14.2. The molecule has 2 amide bonds. The van der Waals surface area contributed by atoms with Crippen molar-refractivity contribution in [3.8, 4) is 40.2 Å². The molecule has 0 aliphatic carbocycles. The number of carbonyl (C=O) groups excluding carboxylic acids is 2. The molecule has 0 saturated carbocycles. The van der Waals surface area contributed by atoms with Gasteiger partial charge in [-0.15, -0.1) is 8.42 Å². The zero-order valence-electron chi connectivity index (χ0n) is 41.2. The molecule has 10 rings (SSSR count). The van der Waals surface area contributed by atoms with E-state index in [1.165, 1.54) is 36.9 Å². The van der Waals surface area contributed by atoms with E-state index in [9.17, 15) is 38.4 Å². The number of amides is 2. The van der Waals surface area contributed by atoms with Gasteiger partial charge in [-0.05, 0) is 103 Å². The fraction of sp³-hybridized carbons (Fsp3) is 0.370.